The van der Waals surface area contributed by atoms with Gasteiger partial charge in [-0.1, -0.05) is 13.8 Å². The van der Waals surface area contributed by atoms with Gasteiger partial charge >= 0.3 is 0 Å². The van der Waals surface area contributed by atoms with Crippen LogP contribution in [-0.2, 0) is 30.1 Å². The van der Waals surface area contributed by atoms with Crippen LogP contribution in [0.5, 0.6) is 0 Å². The van der Waals surface area contributed by atoms with E-state index in [4.69, 9.17) is 34.5 Å². The van der Waals surface area contributed by atoms with Crippen LogP contribution in [0, 0.1) is 0 Å². The average molecular weight is 441 g/mol. The lowest BCUT2D eigenvalue weighted by atomic mass is 9.98. The fourth-order valence-electron chi connectivity index (χ4n) is 3.62. The summed E-state index contributed by atoms with van der Waals surface area (Å²) in [7, 11) is 0. The fourth-order valence-corrected chi connectivity index (χ4v) is 3.62. The van der Waals surface area contributed by atoms with Crippen LogP contribution in [-0.4, -0.2) is 83.9 Å². The van der Waals surface area contributed by atoms with Crippen molar-refractivity contribution in [1.82, 2.24) is 0 Å². The lowest BCUT2D eigenvalue weighted by molar-refractivity contribution is -0.0198. The summed E-state index contributed by atoms with van der Waals surface area (Å²) in [4.78, 5) is 2.28. The van der Waals surface area contributed by atoms with Gasteiger partial charge < -0.3 is 39.4 Å². The minimum atomic E-state index is -0.0409. The van der Waals surface area contributed by atoms with Gasteiger partial charge in [-0.3, -0.25) is 0 Å². The van der Waals surface area contributed by atoms with E-state index < -0.39 is 0 Å². The molecule has 1 aliphatic heterocycles. The Morgan fingerprint density at radius 1 is 0.968 bits per heavy atom. The topological polar surface area (TPSA) is 95.6 Å². The molecule has 3 N–H and O–H groups in total. The van der Waals surface area contributed by atoms with Crippen molar-refractivity contribution in [1.29, 1.82) is 0 Å². The van der Waals surface area contributed by atoms with Gasteiger partial charge in [0.25, 0.3) is 0 Å². The Balaban J connectivity index is 1.76. The summed E-state index contributed by atoms with van der Waals surface area (Å²) in [6.45, 7) is 11.9. The van der Waals surface area contributed by atoms with Crippen LogP contribution in [0.4, 0.5) is 11.4 Å². The number of nitrogens with two attached hydrogens (primary N) is 1. The summed E-state index contributed by atoms with van der Waals surface area (Å²) >= 11 is 0. The van der Waals surface area contributed by atoms with E-state index in [9.17, 15) is 0 Å². The second-order valence-corrected chi connectivity index (χ2v) is 7.75. The van der Waals surface area contributed by atoms with E-state index in [1.54, 1.807) is 0 Å². The Morgan fingerprint density at radius 3 is 2.23 bits per heavy atom. The smallest absolute Gasteiger partial charge is 0.134 e. The van der Waals surface area contributed by atoms with Crippen LogP contribution in [0.15, 0.2) is 12.1 Å². The van der Waals surface area contributed by atoms with Crippen LogP contribution in [0.3, 0.4) is 0 Å². The summed E-state index contributed by atoms with van der Waals surface area (Å²) in [5, 5.41) is 8.62. The number of rotatable bonds is 17. The first-order valence-electron chi connectivity index (χ1n) is 11.3. The van der Waals surface area contributed by atoms with Gasteiger partial charge in [-0.05, 0) is 36.1 Å². The zero-order valence-corrected chi connectivity index (χ0v) is 19.3. The summed E-state index contributed by atoms with van der Waals surface area (Å²) < 4.78 is 27.9. The molecule has 8 nitrogen and oxygen atoms in total. The van der Waals surface area contributed by atoms with Crippen molar-refractivity contribution >= 4 is 11.4 Å². The third-order valence-electron chi connectivity index (χ3n) is 5.16. The number of nitrogens with zero attached hydrogens (tertiary/aromatic N) is 1. The van der Waals surface area contributed by atoms with Crippen molar-refractivity contribution in [2.24, 2.45) is 0 Å². The molecule has 0 saturated carbocycles. The summed E-state index contributed by atoms with van der Waals surface area (Å²) in [5.74, 6) is 0.371. The van der Waals surface area contributed by atoms with E-state index in [1.165, 1.54) is 16.8 Å². The van der Waals surface area contributed by atoms with Gasteiger partial charge in [0.1, 0.15) is 6.23 Å². The average Bonchev–Trinajstić information content (AvgIpc) is 3.07. The van der Waals surface area contributed by atoms with Crippen LogP contribution >= 0.6 is 0 Å². The molecule has 8 heteroatoms. The molecule has 0 radical (unpaired) electrons. The van der Waals surface area contributed by atoms with E-state index in [1.807, 2.05) is 6.92 Å². The van der Waals surface area contributed by atoms with Crippen LogP contribution in [0.2, 0.25) is 0 Å². The number of fused-ring (bicyclic) bond motifs is 1. The maximum Gasteiger partial charge on any atom is 0.134 e. The van der Waals surface area contributed by atoms with Gasteiger partial charge in [-0.25, -0.2) is 0 Å². The standard InChI is InChI=1S/C23H40N2O6/c1-4-27-7-5-25-22-17-20(18(2)3)21(24)15-19(22)16-23(25)31-14-13-30-12-11-29-10-9-28-8-6-26/h15,17-18,23,26H,4-14,16,24H2,1-3H3. The SMILES string of the molecule is CCOCCN1c2cc(C(C)C)c(N)cc2CC1OCCOCCOCCOCCO. The van der Waals surface area contributed by atoms with Crippen LogP contribution in [0.25, 0.3) is 0 Å². The Labute approximate surface area is 186 Å². The lowest BCUT2D eigenvalue weighted by Gasteiger charge is -2.28. The number of aliphatic hydroxyl groups is 1. The zero-order valence-electron chi connectivity index (χ0n) is 19.3. The Morgan fingerprint density at radius 2 is 1.61 bits per heavy atom. The minimum Gasteiger partial charge on any atom is -0.398 e. The monoisotopic (exact) mass is 440 g/mol. The number of anilines is 2. The molecular formula is C23H40N2O6. The van der Waals surface area contributed by atoms with Crippen molar-refractivity contribution in [3.63, 3.8) is 0 Å². The second-order valence-electron chi connectivity index (χ2n) is 7.75. The highest BCUT2D eigenvalue weighted by Gasteiger charge is 2.31. The molecule has 1 aliphatic rings. The summed E-state index contributed by atoms with van der Waals surface area (Å²) in [6, 6.07) is 4.31. The van der Waals surface area contributed by atoms with Crippen molar-refractivity contribution in [3.05, 3.63) is 23.3 Å². The number of nitrogen functional groups attached to an aromatic ring is 1. The van der Waals surface area contributed by atoms with Crippen molar-refractivity contribution in [2.75, 3.05) is 83.2 Å². The highest BCUT2D eigenvalue weighted by atomic mass is 16.6. The number of aliphatic hydroxyl groups excluding tert-OH is 1. The second kappa shape index (κ2) is 14.6. The molecule has 1 heterocycles. The quantitative estimate of drug-likeness (QED) is 0.281. The third-order valence-corrected chi connectivity index (χ3v) is 5.16. The molecule has 1 unspecified atom stereocenters. The van der Waals surface area contributed by atoms with Gasteiger partial charge in [0.2, 0.25) is 0 Å². The zero-order chi connectivity index (χ0) is 22.5. The van der Waals surface area contributed by atoms with E-state index in [2.05, 4.69) is 30.9 Å². The predicted molar refractivity (Wildman–Crippen MR) is 122 cm³/mol. The molecule has 0 bridgehead atoms. The summed E-state index contributed by atoms with van der Waals surface area (Å²) in [5.41, 5.74) is 10.7. The number of ether oxygens (including phenoxy) is 5. The molecule has 1 aromatic carbocycles. The lowest BCUT2D eigenvalue weighted by Crippen LogP contribution is -2.37. The van der Waals surface area contributed by atoms with E-state index in [-0.39, 0.29) is 12.8 Å². The van der Waals surface area contributed by atoms with Crippen LogP contribution in [0.1, 0.15) is 37.8 Å². The van der Waals surface area contributed by atoms with E-state index in [0.717, 1.165) is 18.7 Å². The molecule has 0 spiro atoms. The highest BCUT2D eigenvalue weighted by molar-refractivity contribution is 5.67. The molecular weight excluding hydrogens is 400 g/mol. The van der Waals surface area contributed by atoms with Gasteiger partial charge in [0.15, 0.2) is 0 Å². The Kier molecular flexibility index (Phi) is 12.2. The number of hydrogen-bond acceptors (Lipinski definition) is 8. The number of hydrogen-bond donors (Lipinski definition) is 2. The molecule has 1 atom stereocenters. The maximum absolute atomic E-state index is 8.62. The molecule has 0 aromatic heterocycles. The molecule has 0 amide bonds. The maximum atomic E-state index is 8.62. The Bertz CT molecular complexity index is 628. The first kappa shape index (κ1) is 25.8. The molecule has 0 fully saturated rings. The molecule has 178 valence electrons. The Hall–Kier alpha value is -1.42. The van der Waals surface area contributed by atoms with Gasteiger partial charge in [-0.15, -0.1) is 0 Å². The van der Waals surface area contributed by atoms with Gasteiger partial charge in [0.05, 0.1) is 59.5 Å². The summed E-state index contributed by atoms with van der Waals surface area (Å²) in [6.07, 6.45) is 0.766. The first-order valence-corrected chi connectivity index (χ1v) is 11.3. The van der Waals surface area contributed by atoms with Crippen LogP contribution < -0.4 is 10.6 Å². The molecule has 0 aliphatic carbocycles. The van der Waals surface area contributed by atoms with Gasteiger partial charge in [0, 0.05) is 30.9 Å². The molecule has 0 saturated heterocycles. The van der Waals surface area contributed by atoms with E-state index >= 15 is 0 Å². The molecule has 1 aromatic rings. The van der Waals surface area contributed by atoms with Crippen molar-refractivity contribution < 1.29 is 28.8 Å². The van der Waals surface area contributed by atoms with Crippen molar-refractivity contribution in [3.8, 4) is 0 Å². The molecule has 31 heavy (non-hydrogen) atoms. The third kappa shape index (κ3) is 8.56. The fraction of sp³-hybridized carbons (Fsp3) is 0.739. The van der Waals surface area contributed by atoms with Gasteiger partial charge in [-0.2, -0.15) is 0 Å². The minimum absolute atomic E-state index is 0.0323. The van der Waals surface area contributed by atoms with Crippen molar-refractivity contribution in [2.45, 2.75) is 39.3 Å². The largest absolute Gasteiger partial charge is 0.398 e. The number of benzene rings is 1. The first-order chi connectivity index (χ1) is 15.1. The highest BCUT2D eigenvalue weighted by Crippen LogP contribution is 2.38. The normalized spacial score (nSPS) is 15.8. The molecule has 2 rings (SSSR count). The van der Waals surface area contributed by atoms with E-state index in [0.29, 0.717) is 65.4 Å². The predicted octanol–water partition coefficient (Wildman–Crippen LogP) is 2.18.